The summed E-state index contributed by atoms with van der Waals surface area (Å²) in [5.41, 5.74) is -0.617. The Morgan fingerprint density at radius 3 is 1.69 bits per heavy atom. The molecule has 6 nitrogen and oxygen atoms in total. The first-order valence-corrected chi connectivity index (χ1v) is 7.34. The molecule has 0 fully saturated rings. The third-order valence-electron chi connectivity index (χ3n) is 2.77. The van der Waals surface area contributed by atoms with Crippen molar-refractivity contribution in [1.82, 2.24) is 0 Å². The number of carboxylic acids is 1. The maximum Gasteiger partial charge on any atom is 0.338 e. The lowest BCUT2D eigenvalue weighted by Crippen LogP contribution is -2.23. The Labute approximate surface area is 148 Å². The summed E-state index contributed by atoms with van der Waals surface area (Å²) >= 11 is 0. The predicted molar refractivity (Wildman–Crippen MR) is 88.3 cm³/mol. The quantitative estimate of drug-likeness (QED) is 0.698. The van der Waals surface area contributed by atoms with Crippen molar-refractivity contribution in [1.29, 1.82) is 0 Å². The van der Waals surface area contributed by atoms with Gasteiger partial charge in [-0.05, 0) is 57.2 Å². The monoisotopic (exact) mass is 368 g/mol. The van der Waals surface area contributed by atoms with Crippen LogP contribution in [-0.2, 0) is 4.74 Å². The molecule has 0 aliphatic rings. The number of ether oxygens (including phenoxy) is 1. The molecule has 0 aliphatic carbocycles. The molecule has 0 aliphatic heterocycles. The van der Waals surface area contributed by atoms with Gasteiger partial charge >= 0.3 is 11.9 Å². The van der Waals surface area contributed by atoms with E-state index in [1.54, 1.807) is 20.8 Å². The van der Waals surface area contributed by atoms with E-state index < -0.39 is 40.7 Å². The Hall–Kier alpha value is -3.16. The van der Waals surface area contributed by atoms with Crippen LogP contribution < -0.4 is 0 Å². The molecule has 2 aromatic rings. The average Bonchev–Trinajstić information content (AvgIpc) is 2.51. The van der Waals surface area contributed by atoms with Gasteiger partial charge in [0.2, 0.25) is 0 Å². The Morgan fingerprint density at radius 2 is 1.31 bits per heavy atom. The molecule has 0 bridgehead atoms. The number of aromatic carboxylic acids is 1. The molecule has 2 aromatic carbocycles. The molecule has 0 saturated carbocycles. The van der Waals surface area contributed by atoms with Crippen molar-refractivity contribution in [3.63, 3.8) is 0 Å². The highest BCUT2D eigenvalue weighted by atomic mass is 19.1. The number of esters is 1. The van der Waals surface area contributed by atoms with Gasteiger partial charge in [-0.15, -0.1) is 0 Å². The van der Waals surface area contributed by atoms with Gasteiger partial charge in [-0.1, -0.05) is 0 Å². The molecule has 140 valence electrons. The third kappa shape index (κ3) is 6.39. The molecule has 0 unspecified atom stereocenters. The van der Waals surface area contributed by atoms with Gasteiger partial charge in [0.1, 0.15) is 5.60 Å². The highest BCUT2D eigenvalue weighted by Crippen LogP contribution is 2.19. The number of phenols is 2. The van der Waals surface area contributed by atoms with Gasteiger partial charge < -0.3 is 20.1 Å². The predicted octanol–water partition coefficient (Wildman–Crippen LogP) is 3.72. The van der Waals surface area contributed by atoms with Crippen LogP contribution in [0.15, 0.2) is 36.4 Å². The first kappa shape index (κ1) is 20.9. The first-order valence-electron chi connectivity index (χ1n) is 7.34. The van der Waals surface area contributed by atoms with E-state index in [0.29, 0.717) is 0 Å². The SMILES string of the molecule is CC(C)(C)OC(=O)c1ccc(F)c(O)c1.O=C(O)c1ccc(F)c(O)c1. The van der Waals surface area contributed by atoms with Crippen LogP contribution in [0.1, 0.15) is 41.5 Å². The van der Waals surface area contributed by atoms with Gasteiger partial charge in [0.25, 0.3) is 0 Å². The van der Waals surface area contributed by atoms with E-state index in [-0.39, 0.29) is 11.1 Å². The molecular formula is C18H18F2O6. The minimum absolute atomic E-state index is 0.129. The van der Waals surface area contributed by atoms with E-state index in [1.165, 1.54) is 6.07 Å². The number of benzene rings is 2. The van der Waals surface area contributed by atoms with Crippen LogP contribution in [0, 0.1) is 11.6 Å². The third-order valence-corrected chi connectivity index (χ3v) is 2.77. The van der Waals surface area contributed by atoms with Crippen LogP contribution in [0.4, 0.5) is 8.78 Å². The zero-order valence-corrected chi connectivity index (χ0v) is 14.3. The second-order valence-corrected chi connectivity index (χ2v) is 6.14. The molecule has 8 heteroatoms. The van der Waals surface area contributed by atoms with Crippen LogP contribution >= 0.6 is 0 Å². The summed E-state index contributed by atoms with van der Waals surface area (Å²) in [6, 6.07) is 6.18. The van der Waals surface area contributed by atoms with Crippen LogP contribution in [0.5, 0.6) is 11.5 Å². The molecule has 0 radical (unpaired) electrons. The molecule has 0 atom stereocenters. The smallest absolute Gasteiger partial charge is 0.338 e. The minimum atomic E-state index is -1.19. The van der Waals surface area contributed by atoms with E-state index in [9.17, 15) is 18.4 Å². The Kier molecular flexibility index (Phi) is 6.65. The van der Waals surface area contributed by atoms with Gasteiger partial charge in [-0.3, -0.25) is 0 Å². The number of halogens is 2. The maximum atomic E-state index is 12.7. The second-order valence-electron chi connectivity index (χ2n) is 6.14. The topological polar surface area (TPSA) is 104 Å². The van der Waals surface area contributed by atoms with Crippen molar-refractivity contribution in [3.8, 4) is 11.5 Å². The van der Waals surface area contributed by atoms with Crippen LogP contribution in [-0.4, -0.2) is 32.9 Å². The Bertz CT molecular complexity index is 812. The van der Waals surface area contributed by atoms with Gasteiger partial charge in [0.15, 0.2) is 23.1 Å². The zero-order chi connectivity index (χ0) is 20.1. The Balaban J connectivity index is 0.000000273. The zero-order valence-electron chi connectivity index (χ0n) is 14.3. The molecule has 0 amide bonds. The van der Waals surface area contributed by atoms with Crippen LogP contribution in [0.2, 0.25) is 0 Å². The fourth-order valence-electron chi connectivity index (χ4n) is 1.62. The molecule has 0 heterocycles. The summed E-state index contributed by atoms with van der Waals surface area (Å²) in [6.45, 7) is 5.19. The van der Waals surface area contributed by atoms with Gasteiger partial charge in [0, 0.05) is 0 Å². The lowest BCUT2D eigenvalue weighted by Gasteiger charge is -2.19. The van der Waals surface area contributed by atoms with Crippen molar-refractivity contribution < 1.29 is 38.4 Å². The molecular weight excluding hydrogens is 350 g/mol. The van der Waals surface area contributed by atoms with E-state index in [1.807, 2.05) is 0 Å². The lowest BCUT2D eigenvalue weighted by molar-refractivity contribution is 0.00688. The molecule has 3 N–H and O–H groups in total. The summed E-state index contributed by atoms with van der Waals surface area (Å²) in [4.78, 5) is 21.7. The van der Waals surface area contributed by atoms with Crippen LogP contribution in [0.25, 0.3) is 0 Å². The Morgan fingerprint density at radius 1 is 0.885 bits per heavy atom. The summed E-state index contributed by atoms with van der Waals surface area (Å²) in [5, 5.41) is 26.1. The van der Waals surface area contributed by atoms with Crippen molar-refractivity contribution in [2.24, 2.45) is 0 Å². The summed E-state index contributed by atoms with van der Waals surface area (Å²) in [7, 11) is 0. The molecule has 0 aromatic heterocycles. The van der Waals surface area contributed by atoms with Gasteiger partial charge in [0.05, 0.1) is 11.1 Å². The van der Waals surface area contributed by atoms with E-state index in [4.69, 9.17) is 20.1 Å². The standard InChI is InChI=1S/C11H13FO3.C7H5FO3/c1-11(2,3)15-10(14)7-4-5-8(12)9(13)6-7;8-5-2-1-4(7(10)11)3-6(5)9/h4-6,13H,1-3H3;1-3,9H,(H,10,11). The summed E-state index contributed by atoms with van der Waals surface area (Å²) in [5.74, 6) is -4.57. The van der Waals surface area contributed by atoms with E-state index in [2.05, 4.69) is 0 Å². The van der Waals surface area contributed by atoms with Crippen molar-refractivity contribution in [2.75, 3.05) is 0 Å². The number of phenolic OH excluding ortho intramolecular Hbond substituents is 2. The molecule has 2 rings (SSSR count). The van der Waals surface area contributed by atoms with Gasteiger partial charge in [-0.25, -0.2) is 18.4 Å². The number of rotatable bonds is 2. The minimum Gasteiger partial charge on any atom is -0.505 e. The summed E-state index contributed by atoms with van der Waals surface area (Å²) in [6.07, 6.45) is 0. The first-order chi connectivity index (χ1) is 11.9. The fourth-order valence-corrected chi connectivity index (χ4v) is 1.62. The normalized spacial score (nSPS) is 10.5. The number of carboxylic acid groups (broad SMARTS) is 1. The second kappa shape index (κ2) is 8.28. The van der Waals surface area contributed by atoms with Crippen LogP contribution in [0.3, 0.4) is 0 Å². The molecule has 26 heavy (non-hydrogen) atoms. The van der Waals surface area contributed by atoms with E-state index >= 15 is 0 Å². The maximum absolute atomic E-state index is 12.7. The van der Waals surface area contributed by atoms with Gasteiger partial charge in [-0.2, -0.15) is 0 Å². The van der Waals surface area contributed by atoms with E-state index in [0.717, 1.165) is 30.3 Å². The van der Waals surface area contributed by atoms with Crippen molar-refractivity contribution in [2.45, 2.75) is 26.4 Å². The number of carbonyl (C=O) groups excluding carboxylic acids is 1. The van der Waals surface area contributed by atoms with Crippen molar-refractivity contribution >= 4 is 11.9 Å². The summed E-state index contributed by atoms with van der Waals surface area (Å²) < 4.78 is 30.1. The fraction of sp³-hybridized carbons (Fsp3) is 0.222. The average molecular weight is 368 g/mol. The number of hydrogen-bond acceptors (Lipinski definition) is 5. The highest BCUT2D eigenvalue weighted by Gasteiger charge is 2.18. The number of hydrogen-bond donors (Lipinski definition) is 3. The number of carbonyl (C=O) groups is 2. The van der Waals surface area contributed by atoms with Crippen molar-refractivity contribution in [3.05, 3.63) is 59.2 Å². The largest absolute Gasteiger partial charge is 0.505 e. The molecule has 0 saturated heterocycles. The molecule has 0 spiro atoms. The number of aromatic hydroxyl groups is 2. The lowest BCUT2D eigenvalue weighted by atomic mass is 10.1. The highest BCUT2D eigenvalue weighted by molar-refractivity contribution is 5.90.